The van der Waals surface area contributed by atoms with Crippen LogP contribution in [0.5, 0.6) is 5.75 Å². The van der Waals surface area contributed by atoms with E-state index in [0.717, 1.165) is 50.6 Å². The van der Waals surface area contributed by atoms with Crippen LogP contribution in [0.4, 0.5) is 0 Å². The number of benzene rings is 1. The third-order valence-electron chi connectivity index (χ3n) is 5.63. The average molecular weight is 426 g/mol. The fourth-order valence-electron chi connectivity index (χ4n) is 3.74. The first-order chi connectivity index (χ1) is 15.0. The second-order valence-electron chi connectivity index (χ2n) is 8.41. The van der Waals surface area contributed by atoms with Crippen molar-refractivity contribution in [3.8, 4) is 5.75 Å². The predicted molar refractivity (Wildman–Crippen MR) is 122 cm³/mol. The lowest BCUT2D eigenvalue weighted by Crippen LogP contribution is -2.42. The van der Waals surface area contributed by atoms with Gasteiger partial charge in [-0.05, 0) is 54.7 Å². The summed E-state index contributed by atoms with van der Waals surface area (Å²) in [5.41, 5.74) is 2.28. The first-order valence-electron chi connectivity index (χ1n) is 11.3. The first kappa shape index (κ1) is 23.2. The third kappa shape index (κ3) is 7.33. The van der Waals surface area contributed by atoms with E-state index in [9.17, 15) is 4.79 Å². The highest BCUT2D eigenvalue weighted by molar-refractivity contribution is 5.81. The van der Waals surface area contributed by atoms with Crippen LogP contribution in [0.2, 0.25) is 0 Å². The molecular formula is C25H35N3O3. The topological polar surface area (TPSA) is 54.9 Å². The maximum absolute atomic E-state index is 13.3. The molecule has 0 radical (unpaired) electrons. The first-order valence-corrected chi connectivity index (χ1v) is 11.3. The Balaban J connectivity index is 1.62. The number of carbonyl (C=O) groups is 1. The quantitative estimate of drug-likeness (QED) is 0.581. The summed E-state index contributed by atoms with van der Waals surface area (Å²) < 4.78 is 11.5. The van der Waals surface area contributed by atoms with Crippen LogP contribution < -0.4 is 4.74 Å². The SMILES string of the molecule is CC(Oc1cccc(C(C)C)c1)C(=O)N(CCCN1CCOCC1)Cc1ccncc1. The van der Waals surface area contributed by atoms with Gasteiger partial charge in [0.2, 0.25) is 0 Å². The minimum atomic E-state index is -0.548. The fraction of sp³-hybridized carbons (Fsp3) is 0.520. The van der Waals surface area contributed by atoms with Crippen LogP contribution in [0.25, 0.3) is 0 Å². The Hall–Kier alpha value is -2.44. The van der Waals surface area contributed by atoms with Crippen LogP contribution in [0.15, 0.2) is 48.8 Å². The molecule has 6 nitrogen and oxygen atoms in total. The number of amides is 1. The highest BCUT2D eigenvalue weighted by Crippen LogP contribution is 2.21. The van der Waals surface area contributed by atoms with Gasteiger partial charge in [-0.2, -0.15) is 0 Å². The van der Waals surface area contributed by atoms with Crippen molar-refractivity contribution >= 4 is 5.91 Å². The van der Waals surface area contributed by atoms with Crippen LogP contribution in [-0.2, 0) is 16.1 Å². The molecule has 31 heavy (non-hydrogen) atoms. The predicted octanol–water partition coefficient (Wildman–Crippen LogP) is 3.72. The maximum Gasteiger partial charge on any atom is 0.263 e. The Bertz CT molecular complexity index is 807. The summed E-state index contributed by atoms with van der Waals surface area (Å²) in [5.74, 6) is 1.16. The van der Waals surface area contributed by atoms with E-state index >= 15 is 0 Å². The van der Waals surface area contributed by atoms with Crippen molar-refractivity contribution < 1.29 is 14.3 Å². The van der Waals surface area contributed by atoms with Gasteiger partial charge in [-0.1, -0.05) is 26.0 Å². The summed E-state index contributed by atoms with van der Waals surface area (Å²) in [4.78, 5) is 21.7. The number of rotatable bonds is 10. The van der Waals surface area contributed by atoms with E-state index in [4.69, 9.17) is 9.47 Å². The maximum atomic E-state index is 13.3. The van der Waals surface area contributed by atoms with Gasteiger partial charge in [0.15, 0.2) is 6.10 Å². The van der Waals surface area contributed by atoms with E-state index in [1.54, 1.807) is 12.4 Å². The van der Waals surface area contributed by atoms with Gasteiger partial charge in [0, 0.05) is 45.1 Å². The van der Waals surface area contributed by atoms with Gasteiger partial charge < -0.3 is 14.4 Å². The van der Waals surface area contributed by atoms with Crippen molar-refractivity contribution in [3.63, 3.8) is 0 Å². The van der Waals surface area contributed by atoms with Gasteiger partial charge in [0.1, 0.15) is 5.75 Å². The summed E-state index contributed by atoms with van der Waals surface area (Å²) >= 11 is 0. The normalized spacial score (nSPS) is 15.6. The van der Waals surface area contributed by atoms with Gasteiger partial charge in [0.05, 0.1) is 13.2 Å². The van der Waals surface area contributed by atoms with Crippen molar-refractivity contribution in [3.05, 3.63) is 59.9 Å². The molecule has 0 saturated carbocycles. The van der Waals surface area contributed by atoms with Gasteiger partial charge >= 0.3 is 0 Å². The van der Waals surface area contributed by atoms with Gasteiger partial charge in [-0.25, -0.2) is 0 Å². The molecule has 0 spiro atoms. The Morgan fingerprint density at radius 2 is 1.90 bits per heavy atom. The monoisotopic (exact) mass is 425 g/mol. The van der Waals surface area contributed by atoms with Crippen molar-refractivity contribution in [2.24, 2.45) is 0 Å². The molecule has 2 heterocycles. The molecule has 1 aliphatic heterocycles. The highest BCUT2D eigenvalue weighted by atomic mass is 16.5. The standard InChI is InChI=1S/C25H35N3O3/c1-20(2)23-6-4-7-24(18-23)31-21(3)25(29)28(19-22-8-10-26-11-9-22)13-5-12-27-14-16-30-17-15-27/h4,6-11,18,20-21H,5,12-17,19H2,1-3H3. The molecule has 2 aromatic rings. The number of carbonyl (C=O) groups excluding carboxylic acids is 1. The lowest BCUT2D eigenvalue weighted by Gasteiger charge is -2.29. The lowest BCUT2D eigenvalue weighted by molar-refractivity contribution is -0.138. The van der Waals surface area contributed by atoms with E-state index in [1.807, 2.05) is 42.2 Å². The second-order valence-corrected chi connectivity index (χ2v) is 8.41. The van der Waals surface area contributed by atoms with E-state index < -0.39 is 6.10 Å². The molecule has 1 amide bonds. The van der Waals surface area contributed by atoms with Crippen molar-refractivity contribution in [1.82, 2.24) is 14.8 Å². The zero-order valence-corrected chi connectivity index (χ0v) is 19.0. The molecule has 0 N–H and O–H groups in total. The molecule has 0 bridgehead atoms. The average Bonchev–Trinajstić information content (AvgIpc) is 2.79. The van der Waals surface area contributed by atoms with Gasteiger partial charge in [-0.15, -0.1) is 0 Å². The molecule has 1 aromatic carbocycles. The Morgan fingerprint density at radius 1 is 1.16 bits per heavy atom. The van der Waals surface area contributed by atoms with Crippen molar-refractivity contribution in [1.29, 1.82) is 0 Å². The Labute approximate surface area is 186 Å². The Kier molecular flexibility index (Phi) is 8.85. The number of morpholine rings is 1. The number of ether oxygens (including phenoxy) is 2. The molecule has 1 aromatic heterocycles. The van der Waals surface area contributed by atoms with Crippen LogP contribution in [-0.4, -0.2) is 66.2 Å². The van der Waals surface area contributed by atoms with Crippen LogP contribution in [0, 0.1) is 0 Å². The van der Waals surface area contributed by atoms with E-state index in [1.165, 1.54) is 5.56 Å². The minimum absolute atomic E-state index is 0.00809. The van der Waals surface area contributed by atoms with Crippen molar-refractivity contribution in [2.75, 3.05) is 39.4 Å². The number of nitrogens with zero attached hydrogens (tertiary/aromatic N) is 3. The minimum Gasteiger partial charge on any atom is -0.481 e. The summed E-state index contributed by atoms with van der Waals surface area (Å²) in [6.07, 6.45) is 3.91. The number of pyridine rings is 1. The van der Waals surface area contributed by atoms with Crippen LogP contribution in [0.3, 0.4) is 0 Å². The lowest BCUT2D eigenvalue weighted by atomic mass is 10.0. The number of aromatic nitrogens is 1. The molecule has 3 rings (SSSR count). The smallest absolute Gasteiger partial charge is 0.263 e. The zero-order chi connectivity index (χ0) is 22.1. The third-order valence-corrected chi connectivity index (χ3v) is 5.63. The van der Waals surface area contributed by atoms with E-state index in [-0.39, 0.29) is 5.91 Å². The summed E-state index contributed by atoms with van der Waals surface area (Å²) in [7, 11) is 0. The summed E-state index contributed by atoms with van der Waals surface area (Å²) in [5, 5.41) is 0. The number of hydrogen-bond donors (Lipinski definition) is 0. The molecular weight excluding hydrogens is 390 g/mol. The molecule has 1 fully saturated rings. The zero-order valence-electron chi connectivity index (χ0n) is 19.0. The molecule has 168 valence electrons. The number of hydrogen-bond acceptors (Lipinski definition) is 5. The summed E-state index contributed by atoms with van der Waals surface area (Å²) in [6, 6.07) is 11.9. The highest BCUT2D eigenvalue weighted by Gasteiger charge is 2.23. The largest absolute Gasteiger partial charge is 0.481 e. The van der Waals surface area contributed by atoms with Crippen LogP contribution >= 0.6 is 0 Å². The molecule has 0 aliphatic carbocycles. The van der Waals surface area contributed by atoms with Crippen molar-refractivity contribution in [2.45, 2.75) is 45.8 Å². The van der Waals surface area contributed by atoms with Gasteiger partial charge in [-0.3, -0.25) is 14.7 Å². The molecule has 1 aliphatic rings. The van der Waals surface area contributed by atoms with E-state index in [2.05, 4.69) is 29.8 Å². The fourth-order valence-corrected chi connectivity index (χ4v) is 3.74. The van der Waals surface area contributed by atoms with Crippen LogP contribution in [0.1, 0.15) is 44.2 Å². The molecule has 1 unspecified atom stereocenters. The molecule has 1 saturated heterocycles. The summed E-state index contributed by atoms with van der Waals surface area (Å²) in [6.45, 7) is 11.9. The molecule has 6 heteroatoms. The van der Waals surface area contributed by atoms with E-state index in [0.29, 0.717) is 19.0 Å². The Morgan fingerprint density at radius 3 is 2.61 bits per heavy atom. The van der Waals surface area contributed by atoms with Gasteiger partial charge in [0.25, 0.3) is 5.91 Å². The second kappa shape index (κ2) is 11.8. The molecule has 1 atom stereocenters.